The zero-order valence-corrected chi connectivity index (χ0v) is 13.2. The minimum Gasteiger partial charge on any atom is -0.370 e. The largest absolute Gasteiger partial charge is 0.370 e. The number of halogens is 1. The van der Waals surface area contributed by atoms with E-state index in [1.165, 1.54) is 12.1 Å². The molecule has 0 bridgehead atoms. The number of allylic oxidation sites excluding steroid dienone is 2. The zero-order chi connectivity index (χ0) is 17.5. The first kappa shape index (κ1) is 17.7. The molecule has 1 aliphatic rings. The van der Waals surface area contributed by atoms with E-state index in [-0.39, 0.29) is 42.5 Å². The third-order valence-corrected chi connectivity index (χ3v) is 3.72. The van der Waals surface area contributed by atoms with Gasteiger partial charge in [-0.15, -0.1) is 0 Å². The summed E-state index contributed by atoms with van der Waals surface area (Å²) in [7, 11) is 0. The average Bonchev–Trinajstić information content (AvgIpc) is 3.01. The molecular weight excluding hydrogens is 313 g/mol. The maximum absolute atomic E-state index is 13.8. The van der Waals surface area contributed by atoms with Crippen molar-refractivity contribution in [3.05, 3.63) is 41.7 Å². The Hall–Kier alpha value is -2.70. The summed E-state index contributed by atoms with van der Waals surface area (Å²) < 4.78 is 13.8. The molecule has 0 spiro atoms. The first-order valence-corrected chi connectivity index (χ1v) is 7.78. The van der Waals surface area contributed by atoms with E-state index >= 15 is 0 Å². The molecule has 4 N–H and O–H groups in total. The molecule has 0 saturated heterocycles. The maximum atomic E-state index is 13.8. The number of benzene rings is 1. The Morgan fingerprint density at radius 3 is 2.75 bits per heavy atom. The van der Waals surface area contributed by atoms with Crippen molar-refractivity contribution >= 4 is 23.4 Å². The molecule has 0 saturated carbocycles. The second kappa shape index (κ2) is 8.24. The Labute approximate surface area is 139 Å². The van der Waals surface area contributed by atoms with Gasteiger partial charge in [-0.3, -0.25) is 14.4 Å². The van der Waals surface area contributed by atoms with E-state index in [1.807, 2.05) is 12.2 Å². The highest BCUT2D eigenvalue weighted by Gasteiger charge is 2.16. The Bertz CT molecular complexity index is 673. The van der Waals surface area contributed by atoms with Gasteiger partial charge in [0.15, 0.2) is 0 Å². The number of primary amides is 1. The van der Waals surface area contributed by atoms with Crippen LogP contribution in [0.2, 0.25) is 0 Å². The minimum atomic E-state index is -0.612. The molecule has 1 aromatic rings. The molecule has 6 nitrogen and oxygen atoms in total. The molecule has 2 rings (SSSR count). The molecule has 1 aromatic carbocycles. The van der Waals surface area contributed by atoms with Crippen molar-refractivity contribution < 1.29 is 18.8 Å². The van der Waals surface area contributed by atoms with Gasteiger partial charge in [-0.05, 0) is 37.0 Å². The van der Waals surface area contributed by atoms with E-state index in [2.05, 4.69) is 10.6 Å². The summed E-state index contributed by atoms with van der Waals surface area (Å²) in [5.74, 6) is -1.72. The van der Waals surface area contributed by atoms with E-state index in [0.29, 0.717) is 0 Å². The van der Waals surface area contributed by atoms with Gasteiger partial charge in [-0.1, -0.05) is 12.2 Å². The van der Waals surface area contributed by atoms with Crippen molar-refractivity contribution in [2.75, 3.05) is 11.9 Å². The average molecular weight is 333 g/mol. The lowest BCUT2D eigenvalue weighted by atomic mass is 10.0. The smallest absolute Gasteiger partial charge is 0.251 e. The van der Waals surface area contributed by atoms with Gasteiger partial charge in [-0.2, -0.15) is 0 Å². The summed E-state index contributed by atoms with van der Waals surface area (Å²) in [6, 6.07) is 3.70. The standard InChI is InChI=1S/C17H20FN3O3/c18-13-6-5-12(17(24)20-8-7-15(19)22)10-14(13)21-16(23)9-11-3-1-2-4-11/h1,3,5-6,10-11H,2,4,7-9H2,(H2,19,22)(H,20,24)(H,21,23). The van der Waals surface area contributed by atoms with Crippen molar-refractivity contribution in [3.63, 3.8) is 0 Å². The third kappa shape index (κ3) is 5.19. The number of anilines is 1. The fourth-order valence-corrected chi connectivity index (χ4v) is 2.47. The molecule has 3 amide bonds. The first-order valence-electron chi connectivity index (χ1n) is 7.78. The van der Waals surface area contributed by atoms with Gasteiger partial charge in [0, 0.05) is 24.9 Å². The first-order chi connectivity index (χ1) is 11.5. The lowest BCUT2D eigenvalue weighted by Gasteiger charge is -2.11. The minimum absolute atomic E-state index is 0.0193. The number of nitrogens with one attached hydrogen (secondary N) is 2. The van der Waals surface area contributed by atoms with Gasteiger partial charge in [0.25, 0.3) is 5.91 Å². The Balaban J connectivity index is 1.96. The fraction of sp³-hybridized carbons (Fsp3) is 0.353. The molecule has 0 aromatic heterocycles. The second-order valence-electron chi connectivity index (χ2n) is 5.68. The number of hydrogen-bond donors (Lipinski definition) is 3. The van der Waals surface area contributed by atoms with Gasteiger partial charge in [0.05, 0.1) is 5.69 Å². The molecule has 7 heteroatoms. The molecule has 128 valence electrons. The summed E-state index contributed by atoms with van der Waals surface area (Å²) in [6.45, 7) is 0.0985. The highest BCUT2D eigenvalue weighted by atomic mass is 19.1. The van der Waals surface area contributed by atoms with Crippen LogP contribution in [0.5, 0.6) is 0 Å². The van der Waals surface area contributed by atoms with Crippen LogP contribution in [0.25, 0.3) is 0 Å². The molecule has 24 heavy (non-hydrogen) atoms. The fourth-order valence-electron chi connectivity index (χ4n) is 2.47. The van der Waals surface area contributed by atoms with Crippen LogP contribution in [0, 0.1) is 11.7 Å². The predicted molar refractivity (Wildman–Crippen MR) is 87.7 cm³/mol. The topological polar surface area (TPSA) is 101 Å². The summed E-state index contributed by atoms with van der Waals surface area (Å²) in [5, 5.41) is 5.01. The number of rotatable bonds is 7. The molecule has 0 fully saturated rings. The van der Waals surface area contributed by atoms with Gasteiger partial charge >= 0.3 is 0 Å². The molecule has 1 unspecified atom stereocenters. The quantitative estimate of drug-likeness (QED) is 0.662. The van der Waals surface area contributed by atoms with Crippen LogP contribution in [0.15, 0.2) is 30.4 Å². The summed E-state index contributed by atoms with van der Waals surface area (Å²) in [6.07, 6.45) is 6.18. The van der Waals surface area contributed by atoms with Crippen molar-refractivity contribution in [1.82, 2.24) is 5.32 Å². The molecule has 0 aliphatic heterocycles. The number of nitrogens with two attached hydrogens (primary N) is 1. The van der Waals surface area contributed by atoms with Gasteiger partial charge in [0.1, 0.15) is 5.82 Å². The number of amides is 3. The van der Waals surface area contributed by atoms with Crippen molar-refractivity contribution in [2.24, 2.45) is 11.7 Å². The van der Waals surface area contributed by atoms with E-state index in [1.54, 1.807) is 0 Å². The van der Waals surface area contributed by atoms with E-state index in [9.17, 15) is 18.8 Å². The van der Waals surface area contributed by atoms with Crippen LogP contribution >= 0.6 is 0 Å². The van der Waals surface area contributed by atoms with Crippen LogP contribution in [-0.2, 0) is 9.59 Å². The summed E-state index contributed by atoms with van der Waals surface area (Å²) >= 11 is 0. The van der Waals surface area contributed by atoms with E-state index in [4.69, 9.17) is 5.73 Å². The van der Waals surface area contributed by atoms with E-state index in [0.717, 1.165) is 18.9 Å². The predicted octanol–water partition coefficient (Wildman–Crippen LogP) is 1.73. The Morgan fingerprint density at radius 2 is 2.08 bits per heavy atom. The molecule has 0 heterocycles. The monoisotopic (exact) mass is 333 g/mol. The molecular formula is C17H20FN3O3. The lowest BCUT2D eigenvalue weighted by molar-refractivity contribution is -0.118. The number of hydrogen-bond acceptors (Lipinski definition) is 3. The van der Waals surface area contributed by atoms with Gasteiger partial charge in [-0.25, -0.2) is 4.39 Å². The van der Waals surface area contributed by atoms with Crippen LogP contribution in [0.4, 0.5) is 10.1 Å². The van der Waals surface area contributed by atoms with Crippen LogP contribution in [0.3, 0.4) is 0 Å². The summed E-state index contributed by atoms with van der Waals surface area (Å²) in [4.78, 5) is 34.6. The molecule has 0 radical (unpaired) electrons. The number of carbonyl (C=O) groups excluding carboxylic acids is 3. The van der Waals surface area contributed by atoms with Crippen LogP contribution in [0.1, 0.15) is 36.0 Å². The summed E-state index contributed by atoms with van der Waals surface area (Å²) in [5.41, 5.74) is 5.15. The van der Waals surface area contributed by atoms with Crippen LogP contribution < -0.4 is 16.4 Å². The highest BCUT2D eigenvalue weighted by Crippen LogP contribution is 2.22. The van der Waals surface area contributed by atoms with E-state index < -0.39 is 17.6 Å². The van der Waals surface area contributed by atoms with Gasteiger partial charge in [0.2, 0.25) is 11.8 Å². The highest BCUT2D eigenvalue weighted by molar-refractivity contribution is 5.97. The van der Waals surface area contributed by atoms with Crippen molar-refractivity contribution in [2.45, 2.75) is 25.7 Å². The maximum Gasteiger partial charge on any atom is 0.251 e. The van der Waals surface area contributed by atoms with Crippen molar-refractivity contribution in [3.8, 4) is 0 Å². The molecule has 1 aliphatic carbocycles. The normalized spacial score (nSPS) is 16.0. The van der Waals surface area contributed by atoms with Crippen LogP contribution in [-0.4, -0.2) is 24.3 Å². The van der Waals surface area contributed by atoms with Gasteiger partial charge < -0.3 is 16.4 Å². The third-order valence-electron chi connectivity index (χ3n) is 3.72. The lowest BCUT2D eigenvalue weighted by Crippen LogP contribution is -2.28. The SMILES string of the molecule is NC(=O)CCNC(=O)c1ccc(F)c(NC(=O)CC2C=CCC2)c1. The Morgan fingerprint density at radius 1 is 1.29 bits per heavy atom. The second-order valence-corrected chi connectivity index (χ2v) is 5.68. The number of carbonyl (C=O) groups is 3. The Kier molecular flexibility index (Phi) is 6.06. The molecule has 1 atom stereocenters. The van der Waals surface area contributed by atoms with Crippen molar-refractivity contribution in [1.29, 1.82) is 0 Å². The zero-order valence-electron chi connectivity index (χ0n) is 13.2.